The van der Waals surface area contributed by atoms with Crippen molar-refractivity contribution in [3.8, 4) is 17.2 Å². The van der Waals surface area contributed by atoms with Crippen LogP contribution in [0.25, 0.3) is 5.69 Å². The average Bonchev–Trinajstić information content (AvgIpc) is 3.51. The van der Waals surface area contributed by atoms with Gasteiger partial charge in [-0.2, -0.15) is 10.1 Å². The molecule has 3 heterocycles. The third-order valence-corrected chi connectivity index (χ3v) is 7.62. The molecule has 7 rings (SSSR count). The minimum Gasteiger partial charge on any atom is -0.493 e. The normalized spacial score (nSPS) is 15.3. The number of methoxy groups -OCH3 is 2. The van der Waals surface area contributed by atoms with E-state index in [2.05, 4.69) is 83.5 Å². The number of aromatic nitrogens is 2. The Morgan fingerprint density at radius 2 is 1.45 bits per heavy atom. The van der Waals surface area contributed by atoms with E-state index in [1.165, 1.54) is 5.56 Å². The van der Waals surface area contributed by atoms with Crippen LogP contribution < -0.4 is 19.3 Å². The Labute approximate surface area is 233 Å². The number of anilines is 2. The third kappa shape index (κ3) is 3.66. The zero-order chi connectivity index (χ0) is 27.2. The summed E-state index contributed by atoms with van der Waals surface area (Å²) in [5.41, 5.74) is 7.30. The van der Waals surface area contributed by atoms with Crippen molar-refractivity contribution in [2.24, 2.45) is 4.99 Å². The molecule has 0 radical (unpaired) electrons. The van der Waals surface area contributed by atoms with E-state index in [0.29, 0.717) is 18.0 Å². The molecule has 40 heavy (non-hydrogen) atoms. The van der Waals surface area contributed by atoms with Gasteiger partial charge in [0.05, 0.1) is 49.6 Å². The molecule has 0 saturated carbocycles. The van der Waals surface area contributed by atoms with Crippen molar-refractivity contribution in [3.05, 3.63) is 126 Å². The molecule has 0 fully saturated rings. The first-order valence-electron chi connectivity index (χ1n) is 13.3. The molecule has 7 nitrogen and oxygen atoms in total. The van der Waals surface area contributed by atoms with Crippen molar-refractivity contribution in [2.45, 2.75) is 19.5 Å². The molecule has 5 aromatic rings. The number of benzene rings is 4. The Balaban J connectivity index is 1.51. The number of hydrogen-bond donors (Lipinski definition) is 0. The van der Waals surface area contributed by atoms with Crippen molar-refractivity contribution in [1.29, 1.82) is 0 Å². The van der Waals surface area contributed by atoms with Crippen LogP contribution in [0.3, 0.4) is 0 Å². The molecule has 0 aliphatic carbocycles. The quantitative estimate of drug-likeness (QED) is 0.243. The molecule has 198 valence electrons. The number of nitrogens with zero attached hydrogens (tertiary/aromatic N) is 5. The maximum absolute atomic E-state index is 5.99. The van der Waals surface area contributed by atoms with E-state index >= 15 is 0 Å². The minimum atomic E-state index is -0.244. The molecule has 0 spiro atoms. The average molecular weight is 528 g/mol. The molecule has 0 N–H and O–H groups in total. The Kier molecular flexibility index (Phi) is 5.77. The molecule has 4 aromatic carbocycles. The molecule has 1 atom stereocenters. The summed E-state index contributed by atoms with van der Waals surface area (Å²) in [6, 6.07) is 35.0. The fraction of sp³-hybridized carbons (Fsp3) is 0.152. The number of guanidine groups is 1. The van der Waals surface area contributed by atoms with Gasteiger partial charge in [0.1, 0.15) is 0 Å². The van der Waals surface area contributed by atoms with Crippen LogP contribution in [0.1, 0.15) is 28.4 Å². The summed E-state index contributed by atoms with van der Waals surface area (Å²) in [5.74, 6) is 3.06. The van der Waals surface area contributed by atoms with Crippen molar-refractivity contribution < 1.29 is 9.47 Å². The molecular weight excluding hydrogens is 498 g/mol. The first kappa shape index (κ1) is 24.0. The predicted molar refractivity (Wildman–Crippen MR) is 158 cm³/mol. The largest absolute Gasteiger partial charge is 0.493 e. The summed E-state index contributed by atoms with van der Waals surface area (Å²) >= 11 is 0. The lowest BCUT2D eigenvalue weighted by Crippen LogP contribution is -2.43. The molecule has 2 aliphatic heterocycles. The molecular formula is C33H29N5O2. The Morgan fingerprint density at radius 3 is 2.17 bits per heavy atom. The number of hydrogen-bond acceptors (Lipinski definition) is 6. The van der Waals surface area contributed by atoms with E-state index < -0.39 is 0 Å². The minimum absolute atomic E-state index is 0.244. The van der Waals surface area contributed by atoms with Crippen LogP contribution in [0.2, 0.25) is 0 Å². The van der Waals surface area contributed by atoms with Gasteiger partial charge >= 0.3 is 0 Å². The molecule has 7 heteroatoms. The van der Waals surface area contributed by atoms with Gasteiger partial charge in [0.15, 0.2) is 17.3 Å². The van der Waals surface area contributed by atoms with Crippen LogP contribution in [-0.2, 0) is 6.54 Å². The van der Waals surface area contributed by atoms with Gasteiger partial charge in [-0.15, -0.1) is 0 Å². The molecule has 2 aliphatic rings. The molecule has 0 saturated heterocycles. The lowest BCUT2D eigenvalue weighted by Gasteiger charge is -2.36. The van der Waals surface area contributed by atoms with Crippen molar-refractivity contribution in [1.82, 2.24) is 9.78 Å². The van der Waals surface area contributed by atoms with Crippen molar-refractivity contribution in [3.63, 3.8) is 0 Å². The van der Waals surface area contributed by atoms with Crippen LogP contribution in [0.15, 0.2) is 108 Å². The number of rotatable bonds is 6. The summed E-state index contributed by atoms with van der Waals surface area (Å²) < 4.78 is 13.7. The van der Waals surface area contributed by atoms with Crippen LogP contribution in [0, 0.1) is 6.92 Å². The number of para-hydroxylation sites is 4. The second kappa shape index (κ2) is 9.61. The highest BCUT2D eigenvalue weighted by molar-refractivity contribution is 6.18. The first-order chi connectivity index (χ1) is 19.7. The predicted octanol–water partition coefficient (Wildman–Crippen LogP) is 6.82. The van der Waals surface area contributed by atoms with E-state index in [9.17, 15) is 0 Å². The molecule has 1 aromatic heterocycles. The fourth-order valence-electron chi connectivity index (χ4n) is 5.88. The standard InChI is InChI=1S/C33H29N5O2/c1-22-29-30(25-17-12-20-28(39-2)31(25)40-3)37-27-19-11-10-18-26(27)36(21-23-13-6-4-7-14-23)33(37)34-32(29)38(35-22)24-15-8-5-9-16-24/h4-20,30H,21H2,1-3H3. The first-order valence-corrected chi connectivity index (χ1v) is 13.3. The summed E-state index contributed by atoms with van der Waals surface area (Å²) in [7, 11) is 3.37. The highest BCUT2D eigenvalue weighted by atomic mass is 16.5. The highest BCUT2D eigenvalue weighted by Crippen LogP contribution is 2.53. The van der Waals surface area contributed by atoms with E-state index in [-0.39, 0.29) is 6.04 Å². The number of aryl methyl sites for hydroxylation is 1. The van der Waals surface area contributed by atoms with Crippen molar-refractivity contribution in [2.75, 3.05) is 24.0 Å². The van der Waals surface area contributed by atoms with E-state index in [4.69, 9.17) is 19.6 Å². The lowest BCUT2D eigenvalue weighted by atomic mass is 9.94. The van der Waals surface area contributed by atoms with Gasteiger partial charge in [-0.3, -0.25) is 4.90 Å². The number of aliphatic imine (C=N–C) groups is 1. The van der Waals surface area contributed by atoms with Gasteiger partial charge in [0, 0.05) is 11.1 Å². The highest BCUT2D eigenvalue weighted by Gasteiger charge is 2.45. The van der Waals surface area contributed by atoms with Crippen molar-refractivity contribution >= 4 is 23.2 Å². The molecule has 0 amide bonds. The summed E-state index contributed by atoms with van der Waals surface area (Å²) in [4.78, 5) is 9.99. The second-order valence-corrected chi connectivity index (χ2v) is 9.90. The van der Waals surface area contributed by atoms with E-state index in [0.717, 1.165) is 45.7 Å². The van der Waals surface area contributed by atoms with E-state index in [1.54, 1.807) is 14.2 Å². The molecule has 0 bridgehead atoms. The SMILES string of the molecule is COc1cccc(C2c3c(C)nn(-c4ccccc4)c3N=C3N(Cc4ccccc4)c4ccccc4N32)c1OC. The van der Waals surface area contributed by atoms with Crippen LogP contribution in [0.4, 0.5) is 17.2 Å². The number of fused-ring (bicyclic) bond motifs is 4. The van der Waals surface area contributed by atoms with Crippen LogP contribution in [0.5, 0.6) is 11.5 Å². The van der Waals surface area contributed by atoms with Gasteiger partial charge in [0.2, 0.25) is 5.96 Å². The Bertz CT molecular complexity index is 1730. The van der Waals surface area contributed by atoms with Gasteiger partial charge < -0.3 is 14.4 Å². The summed E-state index contributed by atoms with van der Waals surface area (Å²) in [6.45, 7) is 2.74. The Morgan fingerprint density at radius 1 is 0.750 bits per heavy atom. The van der Waals surface area contributed by atoms with Crippen LogP contribution in [-0.4, -0.2) is 30.0 Å². The lowest BCUT2D eigenvalue weighted by molar-refractivity contribution is 0.350. The van der Waals surface area contributed by atoms with Gasteiger partial charge in [-0.05, 0) is 42.8 Å². The second-order valence-electron chi connectivity index (χ2n) is 9.90. The maximum Gasteiger partial charge on any atom is 0.213 e. The molecule has 1 unspecified atom stereocenters. The zero-order valence-corrected chi connectivity index (χ0v) is 22.7. The third-order valence-electron chi connectivity index (χ3n) is 7.62. The zero-order valence-electron chi connectivity index (χ0n) is 22.7. The van der Waals surface area contributed by atoms with Gasteiger partial charge in [-0.25, -0.2) is 4.68 Å². The fourth-order valence-corrected chi connectivity index (χ4v) is 5.88. The Hall–Kier alpha value is -5.04. The van der Waals surface area contributed by atoms with E-state index in [1.807, 2.05) is 41.1 Å². The maximum atomic E-state index is 5.99. The van der Waals surface area contributed by atoms with Gasteiger partial charge in [0.25, 0.3) is 0 Å². The monoisotopic (exact) mass is 527 g/mol. The summed E-state index contributed by atoms with van der Waals surface area (Å²) in [5, 5.41) is 5.02. The van der Waals surface area contributed by atoms with Gasteiger partial charge in [-0.1, -0.05) is 72.8 Å². The summed E-state index contributed by atoms with van der Waals surface area (Å²) in [6.07, 6.45) is 0. The topological polar surface area (TPSA) is 55.1 Å². The van der Waals surface area contributed by atoms with Crippen LogP contribution >= 0.6 is 0 Å². The number of ether oxygens (including phenoxy) is 2. The smallest absolute Gasteiger partial charge is 0.213 e.